The summed E-state index contributed by atoms with van der Waals surface area (Å²) in [6.45, 7) is 15.8. The molecule has 1 N–H and O–H groups in total. The molecule has 1 aliphatic carbocycles. The zero-order chi connectivity index (χ0) is 17.4. The van der Waals surface area contributed by atoms with Crippen molar-refractivity contribution in [2.45, 2.75) is 69.9 Å². The van der Waals surface area contributed by atoms with E-state index < -0.39 is 8.32 Å². The Morgan fingerprint density at radius 3 is 2.40 bits per heavy atom. The first-order valence-corrected chi connectivity index (χ1v) is 12.3. The minimum Gasteiger partial charge on any atom is -0.415 e. The molecule has 1 atom stereocenters. The summed E-state index contributed by atoms with van der Waals surface area (Å²) in [5.74, 6) is 0. The number of nitrogens with one attached hydrogen (secondary N) is 1. The molecule has 3 nitrogen and oxygen atoms in total. The molecule has 1 spiro atoms. The van der Waals surface area contributed by atoms with Crippen molar-refractivity contribution in [2.75, 3.05) is 19.7 Å². The molecular formula is C20H35ClN2OSi. The van der Waals surface area contributed by atoms with Gasteiger partial charge in [0.05, 0.1) is 6.61 Å². The van der Waals surface area contributed by atoms with Gasteiger partial charge in [-0.05, 0) is 36.5 Å². The highest BCUT2D eigenvalue weighted by Crippen LogP contribution is 2.45. The molecule has 0 bridgehead atoms. The fraction of sp³-hybridized carbons (Fsp3) is 0.700. The Morgan fingerprint density at radius 2 is 1.84 bits per heavy atom. The van der Waals surface area contributed by atoms with Crippen molar-refractivity contribution in [1.82, 2.24) is 10.2 Å². The first-order valence-electron chi connectivity index (χ1n) is 9.39. The monoisotopic (exact) mass is 382 g/mol. The third-order valence-electron chi connectivity index (χ3n) is 6.35. The summed E-state index contributed by atoms with van der Waals surface area (Å²) >= 11 is 0. The SMILES string of the molecule is CC(C)(C)[Si](C)(C)OC[C@H]1CNCC2(CC2)N1Cc1ccccc1.Cl. The van der Waals surface area contributed by atoms with Crippen LogP contribution in [0.25, 0.3) is 0 Å². The number of piperazine rings is 1. The minimum atomic E-state index is -1.69. The average Bonchev–Trinajstić information content (AvgIpc) is 3.28. The van der Waals surface area contributed by atoms with Gasteiger partial charge in [0.1, 0.15) is 0 Å². The number of halogens is 1. The second-order valence-corrected chi connectivity index (χ2v) is 14.0. The molecule has 1 saturated heterocycles. The molecule has 1 heterocycles. The van der Waals surface area contributed by atoms with Crippen molar-refractivity contribution in [1.29, 1.82) is 0 Å². The van der Waals surface area contributed by atoms with Crippen LogP contribution < -0.4 is 5.32 Å². The van der Waals surface area contributed by atoms with Crippen molar-refractivity contribution >= 4 is 20.7 Å². The van der Waals surface area contributed by atoms with Gasteiger partial charge in [-0.1, -0.05) is 51.1 Å². The van der Waals surface area contributed by atoms with E-state index >= 15 is 0 Å². The lowest BCUT2D eigenvalue weighted by atomic mass is 10.0. The fourth-order valence-electron chi connectivity index (χ4n) is 3.43. The summed E-state index contributed by atoms with van der Waals surface area (Å²) in [7, 11) is -1.69. The highest BCUT2D eigenvalue weighted by Gasteiger charge is 2.52. The second-order valence-electron chi connectivity index (χ2n) is 9.19. The Morgan fingerprint density at radius 1 is 1.20 bits per heavy atom. The summed E-state index contributed by atoms with van der Waals surface area (Å²) in [6.07, 6.45) is 2.65. The van der Waals surface area contributed by atoms with E-state index in [4.69, 9.17) is 4.43 Å². The maximum atomic E-state index is 6.58. The van der Waals surface area contributed by atoms with Crippen LogP contribution in [0, 0.1) is 0 Å². The molecular weight excluding hydrogens is 348 g/mol. The van der Waals surface area contributed by atoms with E-state index in [1.54, 1.807) is 0 Å². The van der Waals surface area contributed by atoms with Gasteiger partial charge in [0, 0.05) is 31.2 Å². The number of hydrogen-bond donors (Lipinski definition) is 1. The summed E-state index contributed by atoms with van der Waals surface area (Å²) in [6, 6.07) is 11.4. The molecule has 3 rings (SSSR count). The predicted octanol–water partition coefficient (Wildman–Crippen LogP) is 4.44. The zero-order valence-corrected chi connectivity index (χ0v) is 18.3. The lowest BCUT2D eigenvalue weighted by molar-refractivity contribution is 0.0391. The van der Waals surface area contributed by atoms with Crippen molar-refractivity contribution in [3.05, 3.63) is 35.9 Å². The number of nitrogens with zero attached hydrogens (tertiary/aromatic N) is 1. The van der Waals surface area contributed by atoms with Gasteiger partial charge in [0.25, 0.3) is 0 Å². The van der Waals surface area contributed by atoms with Crippen LogP contribution in [0.2, 0.25) is 18.1 Å². The maximum absolute atomic E-state index is 6.58. The van der Waals surface area contributed by atoms with E-state index in [1.165, 1.54) is 18.4 Å². The van der Waals surface area contributed by atoms with E-state index in [9.17, 15) is 0 Å². The van der Waals surface area contributed by atoms with E-state index in [1.807, 2.05) is 0 Å². The number of benzene rings is 1. The van der Waals surface area contributed by atoms with Crippen LogP contribution in [-0.4, -0.2) is 44.5 Å². The molecule has 25 heavy (non-hydrogen) atoms. The summed E-state index contributed by atoms with van der Waals surface area (Å²) in [5.41, 5.74) is 1.80. The maximum Gasteiger partial charge on any atom is 0.192 e. The van der Waals surface area contributed by atoms with Crippen molar-refractivity contribution in [3.8, 4) is 0 Å². The molecule has 2 fully saturated rings. The Labute approximate surface area is 161 Å². The van der Waals surface area contributed by atoms with Crippen LogP contribution in [0.4, 0.5) is 0 Å². The summed E-state index contributed by atoms with van der Waals surface area (Å²) in [4.78, 5) is 2.74. The van der Waals surface area contributed by atoms with Crippen molar-refractivity contribution < 1.29 is 4.43 Å². The van der Waals surface area contributed by atoms with Crippen LogP contribution in [0.1, 0.15) is 39.2 Å². The minimum absolute atomic E-state index is 0. The van der Waals surface area contributed by atoms with Gasteiger partial charge in [0.15, 0.2) is 8.32 Å². The van der Waals surface area contributed by atoms with Crippen LogP contribution in [0.15, 0.2) is 30.3 Å². The van der Waals surface area contributed by atoms with Gasteiger partial charge in [-0.25, -0.2) is 0 Å². The van der Waals surface area contributed by atoms with Crippen molar-refractivity contribution in [2.24, 2.45) is 0 Å². The number of hydrogen-bond acceptors (Lipinski definition) is 3. The van der Waals surface area contributed by atoms with Gasteiger partial charge < -0.3 is 9.74 Å². The van der Waals surface area contributed by atoms with E-state index in [0.29, 0.717) is 11.6 Å². The van der Waals surface area contributed by atoms with Crippen LogP contribution in [-0.2, 0) is 11.0 Å². The second kappa shape index (κ2) is 7.69. The standard InChI is InChI=1S/C20H34N2OSi.ClH/c1-19(2,3)24(4,5)23-15-18-13-21-16-20(11-12-20)22(18)14-17-9-7-6-8-10-17;/h6-10,18,21H,11-16H2,1-5H3;1H/t18-;/m1./s1. The zero-order valence-electron chi connectivity index (χ0n) is 16.5. The Hall–Kier alpha value is -0.393. The summed E-state index contributed by atoms with van der Waals surface area (Å²) in [5, 5.41) is 3.95. The highest BCUT2D eigenvalue weighted by atomic mass is 35.5. The smallest absolute Gasteiger partial charge is 0.192 e. The lowest BCUT2D eigenvalue weighted by Crippen LogP contribution is -2.61. The first-order chi connectivity index (χ1) is 11.2. The third kappa shape index (κ3) is 4.66. The van der Waals surface area contributed by atoms with E-state index in [0.717, 1.165) is 26.2 Å². The highest BCUT2D eigenvalue weighted by molar-refractivity contribution is 6.74. The van der Waals surface area contributed by atoms with Gasteiger partial charge in [-0.2, -0.15) is 0 Å². The molecule has 1 aromatic rings. The normalized spacial score (nSPS) is 23.3. The van der Waals surface area contributed by atoms with Crippen molar-refractivity contribution in [3.63, 3.8) is 0 Å². The molecule has 0 aromatic heterocycles. The first kappa shape index (κ1) is 20.9. The molecule has 0 amide bonds. The van der Waals surface area contributed by atoms with Crippen LogP contribution >= 0.6 is 12.4 Å². The van der Waals surface area contributed by atoms with Gasteiger partial charge in [-0.3, -0.25) is 4.90 Å². The molecule has 1 saturated carbocycles. The Bertz CT molecular complexity index is 555. The molecule has 0 radical (unpaired) electrons. The fourth-order valence-corrected chi connectivity index (χ4v) is 4.47. The Kier molecular flexibility index (Phi) is 6.43. The van der Waals surface area contributed by atoms with E-state index in [2.05, 4.69) is 74.4 Å². The lowest BCUT2D eigenvalue weighted by Gasteiger charge is -2.45. The Balaban J connectivity index is 0.00000225. The topological polar surface area (TPSA) is 24.5 Å². The van der Waals surface area contributed by atoms with Crippen LogP contribution in [0.3, 0.4) is 0 Å². The molecule has 5 heteroatoms. The number of rotatable bonds is 5. The molecule has 1 aromatic carbocycles. The predicted molar refractivity (Wildman–Crippen MR) is 111 cm³/mol. The van der Waals surface area contributed by atoms with Gasteiger partial charge in [-0.15, -0.1) is 12.4 Å². The molecule has 2 aliphatic rings. The van der Waals surface area contributed by atoms with Crippen LogP contribution in [0.5, 0.6) is 0 Å². The third-order valence-corrected chi connectivity index (χ3v) is 10.9. The molecule has 142 valence electrons. The quantitative estimate of drug-likeness (QED) is 0.762. The molecule has 0 unspecified atom stereocenters. The average molecular weight is 383 g/mol. The van der Waals surface area contributed by atoms with Gasteiger partial charge >= 0.3 is 0 Å². The largest absolute Gasteiger partial charge is 0.415 e. The molecule has 1 aliphatic heterocycles. The van der Waals surface area contributed by atoms with E-state index in [-0.39, 0.29) is 17.4 Å². The van der Waals surface area contributed by atoms with Gasteiger partial charge in [0.2, 0.25) is 0 Å². The summed E-state index contributed by atoms with van der Waals surface area (Å²) < 4.78 is 6.58.